The summed E-state index contributed by atoms with van der Waals surface area (Å²) in [5.74, 6) is 0.578. The Morgan fingerprint density at radius 1 is 1.32 bits per heavy atom. The van der Waals surface area contributed by atoms with E-state index in [1.165, 1.54) is 38.0 Å². The van der Waals surface area contributed by atoms with E-state index in [2.05, 4.69) is 53.7 Å². The predicted octanol–water partition coefficient (Wildman–Crippen LogP) is 2.21. The Labute approximate surface area is 117 Å². The standard InChI is InChI=1S/C15H28N4/c1-13(2)14-11-16-19(12-14)15-5-7-18(8-6-15)10-9-17(3)4/h11-13,15H,5-10H2,1-4H3. The van der Waals surface area contributed by atoms with Gasteiger partial charge in [-0.2, -0.15) is 5.10 Å². The van der Waals surface area contributed by atoms with Crippen LogP contribution in [-0.2, 0) is 0 Å². The van der Waals surface area contributed by atoms with Gasteiger partial charge in [0, 0.05) is 32.4 Å². The van der Waals surface area contributed by atoms with E-state index in [9.17, 15) is 0 Å². The first-order valence-electron chi connectivity index (χ1n) is 7.47. The van der Waals surface area contributed by atoms with E-state index in [1.807, 2.05) is 6.20 Å². The van der Waals surface area contributed by atoms with E-state index in [0.717, 1.165) is 6.54 Å². The van der Waals surface area contributed by atoms with Crippen molar-refractivity contribution in [3.8, 4) is 0 Å². The summed E-state index contributed by atoms with van der Waals surface area (Å²) in [7, 11) is 4.29. The Balaban J connectivity index is 1.82. The normalized spacial score (nSPS) is 18.6. The highest BCUT2D eigenvalue weighted by Crippen LogP contribution is 2.23. The molecule has 19 heavy (non-hydrogen) atoms. The summed E-state index contributed by atoms with van der Waals surface area (Å²) in [6.45, 7) is 9.21. The summed E-state index contributed by atoms with van der Waals surface area (Å²) in [4.78, 5) is 4.83. The zero-order valence-corrected chi connectivity index (χ0v) is 12.8. The summed E-state index contributed by atoms with van der Waals surface area (Å²) in [5, 5.41) is 4.55. The third-order valence-corrected chi connectivity index (χ3v) is 4.08. The van der Waals surface area contributed by atoms with E-state index in [0.29, 0.717) is 12.0 Å². The minimum atomic E-state index is 0.578. The number of likely N-dealkylation sites (tertiary alicyclic amines) is 1. The maximum Gasteiger partial charge on any atom is 0.0543 e. The van der Waals surface area contributed by atoms with Crippen LogP contribution in [-0.4, -0.2) is 59.9 Å². The largest absolute Gasteiger partial charge is 0.308 e. The Bertz CT molecular complexity index is 375. The van der Waals surface area contributed by atoms with Crippen LogP contribution in [0.2, 0.25) is 0 Å². The zero-order chi connectivity index (χ0) is 13.8. The first kappa shape index (κ1) is 14.5. The van der Waals surface area contributed by atoms with Crippen molar-refractivity contribution in [1.29, 1.82) is 0 Å². The van der Waals surface area contributed by atoms with E-state index < -0.39 is 0 Å². The van der Waals surface area contributed by atoms with Crippen LogP contribution in [0.3, 0.4) is 0 Å². The third kappa shape index (κ3) is 4.05. The maximum atomic E-state index is 4.55. The van der Waals surface area contributed by atoms with Crippen molar-refractivity contribution < 1.29 is 0 Å². The molecule has 108 valence electrons. The van der Waals surface area contributed by atoms with Gasteiger partial charge in [0.2, 0.25) is 0 Å². The zero-order valence-electron chi connectivity index (χ0n) is 12.8. The SMILES string of the molecule is CC(C)c1cnn(C2CCN(CCN(C)C)CC2)c1. The van der Waals surface area contributed by atoms with E-state index in [-0.39, 0.29) is 0 Å². The minimum Gasteiger partial charge on any atom is -0.308 e. The van der Waals surface area contributed by atoms with Crippen LogP contribution < -0.4 is 0 Å². The van der Waals surface area contributed by atoms with Gasteiger partial charge in [0.25, 0.3) is 0 Å². The number of piperidine rings is 1. The molecule has 0 atom stereocenters. The minimum absolute atomic E-state index is 0.578. The summed E-state index contributed by atoms with van der Waals surface area (Å²) < 4.78 is 2.19. The number of nitrogens with zero attached hydrogens (tertiary/aromatic N) is 4. The quantitative estimate of drug-likeness (QED) is 0.815. The summed E-state index contributed by atoms with van der Waals surface area (Å²) in [6.07, 6.45) is 6.73. The molecule has 0 spiro atoms. The molecule has 0 N–H and O–H groups in total. The van der Waals surface area contributed by atoms with Crippen molar-refractivity contribution in [1.82, 2.24) is 19.6 Å². The Hall–Kier alpha value is -0.870. The number of likely N-dealkylation sites (N-methyl/N-ethyl adjacent to an activating group) is 1. The van der Waals surface area contributed by atoms with Crippen molar-refractivity contribution in [2.24, 2.45) is 0 Å². The van der Waals surface area contributed by atoms with Gasteiger partial charge in [-0.25, -0.2) is 0 Å². The molecule has 0 unspecified atom stereocenters. The lowest BCUT2D eigenvalue weighted by Gasteiger charge is -2.32. The van der Waals surface area contributed by atoms with Gasteiger partial charge in [0.15, 0.2) is 0 Å². The smallest absolute Gasteiger partial charge is 0.0543 e. The van der Waals surface area contributed by atoms with Crippen LogP contribution in [0.4, 0.5) is 0 Å². The lowest BCUT2D eigenvalue weighted by molar-refractivity contribution is 0.167. The average molecular weight is 264 g/mol. The average Bonchev–Trinajstić information content (AvgIpc) is 2.86. The lowest BCUT2D eigenvalue weighted by atomic mass is 10.0. The van der Waals surface area contributed by atoms with Crippen molar-refractivity contribution >= 4 is 0 Å². The molecule has 2 rings (SSSR count). The fourth-order valence-electron chi connectivity index (χ4n) is 2.60. The van der Waals surface area contributed by atoms with Crippen molar-refractivity contribution in [2.45, 2.75) is 38.6 Å². The highest BCUT2D eigenvalue weighted by Gasteiger charge is 2.21. The molecule has 1 aliphatic rings. The molecule has 0 bridgehead atoms. The summed E-state index contributed by atoms with van der Waals surface area (Å²) in [6, 6.07) is 0.600. The first-order chi connectivity index (χ1) is 9.06. The monoisotopic (exact) mass is 264 g/mol. The fraction of sp³-hybridized carbons (Fsp3) is 0.800. The van der Waals surface area contributed by atoms with Crippen LogP contribution in [0.5, 0.6) is 0 Å². The van der Waals surface area contributed by atoms with Crippen molar-refractivity contribution in [2.75, 3.05) is 40.3 Å². The number of hydrogen-bond donors (Lipinski definition) is 0. The molecule has 1 saturated heterocycles. The van der Waals surface area contributed by atoms with Gasteiger partial charge in [-0.1, -0.05) is 13.8 Å². The fourth-order valence-corrected chi connectivity index (χ4v) is 2.60. The third-order valence-electron chi connectivity index (χ3n) is 4.08. The van der Waals surface area contributed by atoms with Crippen molar-refractivity contribution in [3.05, 3.63) is 18.0 Å². The van der Waals surface area contributed by atoms with E-state index >= 15 is 0 Å². The second-order valence-electron chi connectivity index (χ2n) is 6.28. The van der Waals surface area contributed by atoms with E-state index in [4.69, 9.17) is 0 Å². The Morgan fingerprint density at radius 3 is 2.53 bits per heavy atom. The molecule has 1 aliphatic heterocycles. The van der Waals surface area contributed by atoms with Crippen LogP contribution in [0.1, 0.15) is 44.2 Å². The number of rotatable bonds is 5. The molecular formula is C15H28N4. The Kier molecular flexibility index (Phi) is 4.99. The second kappa shape index (κ2) is 6.53. The number of hydrogen-bond acceptors (Lipinski definition) is 3. The summed E-state index contributed by atoms with van der Waals surface area (Å²) >= 11 is 0. The molecule has 1 aromatic rings. The van der Waals surface area contributed by atoms with E-state index in [1.54, 1.807) is 0 Å². The molecule has 0 aromatic carbocycles. The highest BCUT2D eigenvalue weighted by molar-refractivity contribution is 5.09. The van der Waals surface area contributed by atoms with Gasteiger partial charge in [-0.15, -0.1) is 0 Å². The number of aromatic nitrogens is 2. The van der Waals surface area contributed by atoms with Gasteiger partial charge in [0.05, 0.1) is 12.2 Å². The Morgan fingerprint density at radius 2 is 2.00 bits per heavy atom. The van der Waals surface area contributed by atoms with Crippen molar-refractivity contribution in [3.63, 3.8) is 0 Å². The lowest BCUT2D eigenvalue weighted by Crippen LogP contribution is -2.38. The maximum absolute atomic E-state index is 4.55. The molecule has 1 fully saturated rings. The van der Waals surface area contributed by atoms with Crippen LogP contribution in [0.15, 0.2) is 12.4 Å². The first-order valence-corrected chi connectivity index (χ1v) is 7.47. The summed E-state index contributed by atoms with van der Waals surface area (Å²) in [5.41, 5.74) is 1.36. The van der Waals surface area contributed by atoms with Crippen LogP contribution in [0, 0.1) is 0 Å². The molecular weight excluding hydrogens is 236 g/mol. The van der Waals surface area contributed by atoms with Gasteiger partial charge in [0.1, 0.15) is 0 Å². The topological polar surface area (TPSA) is 24.3 Å². The van der Waals surface area contributed by atoms with Crippen LogP contribution in [0.25, 0.3) is 0 Å². The molecule has 2 heterocycles. The molecule has 0 saturated carbocycles. The van der Waals surface area contributed by atoms with Gasteiger partial charge >= 0.3 is 0 Å². The molecule has 0 aliphatic carbocycles. The van der Waals surface area contributed by atoms with Crippen LogP contribution >= 0.6 is 0 Å². The van der Waals surface area contributed by atoms with Gasteiger partial charge in [-0.3, -0.25) is 4.68 Å². The van der Waals surface area contributed by atoms with Gasteiger partial charge < -0.3 is 9.80 Å². The molecule has 1 aromatic heterocycles. The molecule has 0 amide bonds. The molecule has 4 heteroatoms. The molecule has 4 nitrogen and oxygen atoms in total. The second-order valence-corrected chi connectivity index (χ2v) is 6.28. The van der Waals surface area contributed by atoms with Gasteiger partial charge in [-0.05, 0) is 38.4 Å². The highest BCUT2D eigenvalue weighted by atomic mass is 15.3. The molecule has 0 radical (unpaired) electrons. The predicted molar refractivity (Wildman–Crippen MR) is 79.6 cm³/mol.